The zero-order valence-corrected chi connectivity index (χ0v) is 12.7. The number of hydrogen-bond donors (Lipinski definition) is 2. The molecule has 5 heteroatoms. The maximum absolute atomic E-state index is 12.2. The average Bonchev–Trinajstić information content (AvgIpc) is 2.76. The second-order valence-electron chi connectivity index (χ2n) is 5.99. The van der Waals surface area contributed by atoms with Crippen LogP contribution in [0.4, 0.5) is 5.69 Å². The van der Waals surface area contributed by atoms with Gasteiger partial charge in [-0.15, -0.1) is 0 Å². The number of fused-ring (bicyclic) bond motifs is 1. The summed E-state index contributed by atoms with van der Waals surface area (Å²) in [5.74, 6) is 0.0458. The van der Waals surface area contributed by atoms with Crippen molar-refractivity contribution in [2.24, 2.45) is 0 Å². The minimum atomic E-state index is -0.240. The van der Waals surface area contributed by atoms with Crippen LogP contribution in [0.1, 0.15) is 24.1 Å². The molecular formula is C16H23N3O2. The molecule has 1 amide bonds. The van der Waals surface area contributed by atoms with Crippen molar-refractivity contribution in [1.82, 2.24) is 10.2 Å². The first kappa shape index (κ1) is 14.5. The number of rotatable bonds is 4. The Morgan fingerprint density at radius 2 is 2.19 bits per heavy atom. The van der Waals surface area contributed by atoms with Crippen molar-refractivity contribution in [3.05, 3.63) is 29.3 Å². The van der Waals surface area contributed by atoms with Crippen molar-refractivity contribution < 1.29 is 9.53 Å². The molecule has 0 spiro atoms. The largest absolute Gasteiger partial charge is 0.379 e. The summed E-state index contributed by atoms with van der Waals surface area (Å²) in [7, 11) is 0. The lowest BCUT2D eigenvalue weighted by Gasteiger charge is -2.30. The molecule has 1 fully saturated rings. The van der Waals surface area contributed by atoms with E-state index in [1.54, 1.807) is 0 Å². The van der Waals surface area contributed by atoms with Gasteiger partial charge in [0.05, 0.1) is 13.2 Å². The van der Waals surface area contributed by atoms with Crippen molar-refractivity contribution in [1.29, 1.82) is 0 Å². The van der Waals surface area contributed by atoms with E-state index in [2.05, 4.69) is 35.4 Å². The fraction of sp³-hybridized carbons (Fsp3) is 0.562. The number of amides is 1. The molecule has 1 aromatic rings. The van der Waals surface area contributed by atoms with Gasteiger partial charge in [-0.05, 0) is 19.9 Å². The van der Waals surface area contributed by atoms with Gasteiger partial charge >= 0.3 is 0 Å². The van der Waals surface area contributed by atoms with Gasteiger partial charge in [0.1, 0.15) is 6.04 Å². The molecule has 114 valence electrons. The Morgan fingerprint density at radius 3 is 2.95 bits per heavy atom. The Kier molecular flexibility index (Phi) is 4.24. The molecule has 2 unspecified atom stereocenters. The number of morpholine rings is 1. The van der Waals surface area contributed by atoms with Crippen LogP contribution in [-0.2, 0) is 9.53 Å². The summed E-state index contributed by atoms with van der Waals surface area (Å²) >= 11 is 0. The Hall–Kier alpha value is -1.43. The Bertz CT molecular complexity index is 526. The van der Waals surface area contributed by atoms with E-state index in [1.165, 1.54) is 5.56 Å². The predicted molar refractivity (Wildman–Crippen MR) is 82.4 cm³/mol. The van der Waals surface area contributed by atoms with Gasteiger partial charge < -0.3 is 10.1 Å². The number of nitrogens with zero attached hydrogens (tertiary/aromatic N) is 1. The number of hydrogen-bond acceptors (Lipinski definition) is 4. The molecule has 2 heterocycles. The molecule has 1 saturated heterocycles. The highest BCUT2D eigenvalue weighted by Crippen LogP contribution is 2.31. The molecule has 2 N–H and O–H groups in total. The van der Waals surface area contributed by atoms with E-state index in [9.17, 15) is 4.79 Å². The smallest absolute Gasteiger partial charge is 0.246 e. The van der Waals surface area contributed by atoms with E-state index in [-0.39, 0.29) is 18.0 Å². The van der Waals surface area contributed by atoms with Crippen LogP contribution in [0.3, 0.4) is 0 Å². The molecule has 3 rings (SSSR count). The molecule has 21 heavy (non-hydrogen) atoms. The van der Waals surface area contributed by atoms with Gasteiger partial charge in [-0.25, -0.2) is 0 Å². The van der Waals surface area contributed by atoms with Crippen LogP contribution < -0.4 is 10.6 Å². The molecule has 0 aliphatic carbocycles. The van der Waals surface area contributed by atoms with E-state index < -0.39 is 0 Å². The molecule has 2 aliphatic heterocycles. The highest BCUT2D eigenvalue weighted by Gasteiger charge is 2.31. The normalized spacial score (nSPS) is 23.7. The van der Waals surface area contributed by atoms with Gasteiger partial charge in [-0.1, -0.05) is 17.7 Å². The van der Waals surface area contributed by atoms with Gasteiger partial charge in [-0.2, -0.15) is 0 Å². The summed E-state index contributed by atoms with van der Waals surface area (Å²) in [4.78, 5) is 14.5. The number of anilines is 1. The van der Waals surface area contributed by atoms with E-state index in [0.29, 0.717) is 0 Å². The lowest BCUT2D eigenvalue weighted by Crippen LogP contribution is -2.46. The van der Waals surface area contributed by atoms with Crippen LogP contribution >= 0.6 is 0 Å². The van der Waals surface area contributed by atoms with Crippen molar-refractivity contribution >= 4 is 11.6 Å². The zero-order chi connectivity index (χ0) is 14.8. The third-order valence-corrected chi connectivity index (χ3v) is 4.13. The van der Waals surface area contributed by atoms with E-state index in [0.717, 1.165) is 44.1 Å². The molecule has 5 nitrogen and oxygen atoms in total. The summed E-state index contributed by atoms with van der Waals surface area (Å²) in [6.45, 7) is 8.68. The summed E-state index contributed by atoms with van der Waals surface area (Å²) in [6, 6.07) is 6.11. The van der Waals surface area contributed by atoms with Crippen molar-refractivity contribution in [2.45, 2.75) is 25.9 Å². The van der Waals surface area contributed by atoms with Crippen molar-refractivity contribution in [3.8, 4) is 0 Å². The third kappa shape index (κ3) is 3.26. The van der Waals surface area contributed by atoms with Crippen LogP contribution in [0.5, 0.6) is 0 Å². The molecule has 2 aliphatic rings. The summed E-state index contributed by atoms with van der Waals surface area (Å²) < 4.78 is 5.37. The zero-order valence-electron chi connectivity index (χ0n) is 12.7. The monoisotopic (exact) mass is 289 g/mol. The SMILES string of the molecule is Cc1ccc2c(c1)C(NC(C)CN1CCOCC1)C(=O)N2. The van der Waals surface area contributed by atoms with E-state index in [4.69, 9.17) is 4.74 Å². The second-order valence-corrected chi connectivity index (χ2v) is 5.99. The van der Waals surface area contributed by atoms with Gasteiger partial charge in [0.25, 0.3) is 0 Å². The van der Waals surface area contributed by atoms with Crippen LogP contribution in [-0.4, -0.2) is 49.7 Å². The third-order valence-electron chi connectivity index (χ3n) is 4.13. The molecular weight excluding hydrogens is 266 g/mol. The summed E-state index contributed by atoms with van der Waals surface area (Å²) in [5.41, 5.74) is 3.17. The first-order valence-corrected chi connectivity index (χ1v) is 7.61. The van der Waals surface area contributed by atoms with Crippen molar-refractivity contribution in [2.75, 3.05) is 38.2 Å². The highest BCUT2D eigenvalue weighted by atomic mass is 16.5. The minimum Gasteiger partial charge on any atom is -0.379 e. The van der Waals surface area contributed by atoms with Crippen LogP contribution in [0.2, 0.25) is 0 Å². The maximum Gasteiger partial charge on any atom is 0.246 e. The topological polar surface area (TPSA) is 53.6 Å². The minimum absolute atomic E-state index is 0.0458. The Labute approximate surface area is 125 Å². The molecule has 0 bridgehead atoms. The first-order valence-electron chi connectivity index (χ1n) is 7.61. The quantitative estimate of drug-likeness (QED) is 0.877. The van der Waals surface area contributed by atoms with E-state index >= 15 is 0 Å². The molecule has 0 saturated carbocycles. The number of carbonyl (C=O) groups excluding carboxylic acids is 1. The number of nitrogens with one attached hydrogen (secondary N) is 2. The molecule has 0 radical (unpaired) electrons. The van der Waals surface area contributed by atoms with Gasteiger partial charge in [-0.3, -0.25) is 15.0 Å². The number of carbonyl (C=O) groups is 1. The second kappa shape index (κ2) is 6.13. The fourth-order valence-electron chi connectivity index (χ4n) is 3.05. The summed E-state index contributed by atoms with van der Waals surface area (Å²) in [6.07, 6.45) is 0. The lowest BCUT2D eigenvalue weighted by atomic mass is 10.0. The van der Waals surface area contributed by atoms with Crippen molar-refractivity contribution in [3.63, 3.8) is 0 Å². The maximum atomic E-state index is 12.2. The number of aryl methyl sites for hydroxylation is 1. The predicted octanol–water partition coefficient (Wildman–Crippen LogP) is 1.30. The van der Waals surface area contributed by atoms with Crippen LogP contribution in [0.15, 0.2) is 18.2 Å². The summed E-state index contributed by atoms with van der Waals surface area (Å²) in [5, 5.41) is 6.41. The molecule has 0 aromatic heterocycles. The highest BCUT2D eigenvalue weighted by molar-refractivity contribution is 6.02. The van der Waals surface area contributed by atoms with Gasteiger partial charge in [0.15, 0.2) is 0 Å². The Morgan fingerprint density at radius 1 is 1.43 bits per heavy atom. The molecule has 2 atom stereocenters. The fourth-order valence-corrected chi connectivity index (χ4v) is 3.05. The lowest BCUT2D eigenvalue weighted by molar-refractivity contribution is -0.117. The van der Waals surface area contributed by atoms with E-state index in [1.807, 2.05) is 12.1 Å². The van der Waals surface area contributed by atoms with Gasteiger partial charge in [0.2, 0.25) is 5.91 Å². The van der Waals surface area contributed by atoms with Gasteiger partial charge in [0, 0.05) is 36.9 Å². The van der Waals surface area contributed by atoms with Crippen LogP contribution in [0, 0.1) is 6.92 Å². The molecule has 1 aromatic carbocycles. The Balaban J connectivity index is 1.64. The standard InChI is InChI=1S/C16H23N3O2/c1-11-3-4-14-13(9-11)15(16(20)18-14)17-12(2)10-19-5-7-21-8-6-19/h3-4,9,12,15,17H,5-8,10H2,1-2H3,(H,18,20). The number of benzene rings is 1. The first-order chi connectivity index (χ1) is 10.1. The number of ether oxygens (including phenoxy) is 1. The van der Waals surface area contributed by atoms with Crippen LogP contribution in [0.25, 0.3) is 0 Å². The average molecular weight is 289 g/mol.